The van der Waals surface area contributed by atoms with Crippen molar-refractivity contribution in [3.8, 4) is 11.5 Å². The van der Waals surface area contributed by atoms with Crippen molar-refractivity contribution in [3.05, 3.63) is 59.7 Å². The summed E-state index contributed by atoms with van der Waals surface area (Å²) in [6.07, 6.45) is 2.66. The molecule has 1 spiro atoms. The number of hydrogen-bond donors (Lipinski definition) is 1. The van der Waals surface area contributed by atoms with Gasteiger partial charge in [0.15, 0.2) is 0 Å². The number of aryl methyl sites for hydroxylation is 1. The first kappa shape index (κ1) is 14.3. The van der Waals surface area contributed by atoms with Crippen LogP contribution in [0.5, 0.6) is 11.5 Å². The van der Waals surface area contributed by atoms with Crippen LogP contribution >= 0.6 is 0 Å². The van der Waals surface area contributed by atoms with E-state index in [-0.39, 0.29) is 0 Å². The van der Waals surface area contributed by atoms with Crippen LogP contribution in [0.4, 0.5) is 11.4 Å². The van der Waals surface area contributed by atoms with Crippen molar-refractivity contribution in [2.45, 2.75) is 19.1 Å². The molecule has 0 fully saturated rings. The molecular weight excluding hydrogens is 312 g/mol. The predicted molar refractivity (Wildman–Crippen MR) is 101 cm³/mol. The van der Waals surface area contributed by atoms with Crippen molar-refractivity contribution in [3.63, 3.8) is 0 Å². The Hall–Kier alpha value is -3.01. The van der Waals surface area contributed by atoms with Crippen LogP contribution in [0.2, 0.25) is 0 Å². The van der Waals surface area contributed by atoms with Crippen LogP contribution in [-0.4, -0.2) is 19.0 Å². The van der Waals surface area contributed by atoms with Crippen molar-refractivity contribution < 1.29 is 9.47 Å². The fourth-order valence-corrected chi connectivity index (χ4v) is 3.68. The molecule has 25 heavy (non-hydrogen) atoms. The average molecular weight is 330 g/mol. The zero-order chi connectivity index (χ0) is 17.0. The monoisotopic (exact) mass is 330 g/mol. The summed E-state index contributed by atoms with van der Waals surface area (Å²) in [4.78, 5) is 4.77. The van der Waals surface area contributed by atoms with Gasteiger partial charge in [-0.05, 0) is 42.1 Å². The molecule has 3 aromatic rings. The number of nitrogens with one attached hydrogen (secondary N) is 1. The number of hydrogen-bond acceptors (Lipinski definition) is 4. The Morgan fingerprint density at radius 2 is 2.00 bits per heavy atom. The largest absolute Gasteiger partial charge is 0.497 e. The summed E-state index contributed by atoms with van der Waals surface area (Å²) in [5, 5.41) is 5.65. The summed E-state index contributed by atoms with van der Waals surface area (Å²) < 4.78 is 11.7. The summed E-state index contributed by atoms with van der Waals surface area (Å²) in [6, 6.07) is 16.5. The van der Waals surface area contributed by atoms with E-state index < -0.39 is 5.72 Å². The number of ether oxygens (including phenoxy) is 2. The van der Waals surface area contributed by atoms with E-state index in [4.69, 9.17) is 14.5 Å². The van der Waals surface area contributed by atoms with Gasteiger partial charge in [0.1, 0.15) is 17.2 Å². The van der Waals surface area contributed by atoms with Gasteiger partial charge in [-0.2, -0.15) is 0 Å². The second-order valence-electron chi connectivity index (χ2n) is 6.71. The van der Waals surface area contributed by atoms with Crippen LogP contribution < -0.4 is 14.8 Å². The molecule has 0 saturated heterocycles. The zero-order valence-corrected chi connectivity index (χ0v) is 14.2. The molecule has 3 aromatic carbocycles. The van der Waals surface area contributed by atoms with E-state index in [1.807, 2.05) is 30.5 Å². The van der Waals surface area contributed by atoms with E-state index in [1.165, 1.54) is 11.1 Å². The number of nitrogens with zero attached hydrogens (tertiary/aromatic N) is 1. The number of benzene rings is 3. The minimum Gasteiger partial charge on any atom is -0.497 e. The highest BCUT2D eigenvalue weighted by Crippen LogP contribution is 2.44. The first-order valence-corrected chi connectivity index (χ1v) is 8.38. The zero-order valence-electron chi connectivity index (χ0n) is 14.2. The highest BCUT2D eigenvalue weighted by atomic mass is 16.5. The maximum atomic E-state index is 6.38. The molecule has 0 amide bonds. The molecule has 1 unspecified atom stereocenters. The van der Waals surface area contributed by atoms with E-state index in [9.17, 15) is 0 Å². The van der Waals surface area contributed by atoms with Gasteiger partial charge in [0.25, 0.3) is 0 Å². The van der Waals surface area contributed by atoms with E-state index in [0.29, 0.717) is 0 Å². The van der Waals surface area contributed by atoms with Gasteiger partial charge in [0.05, 0.1) is 13.3 Å². The van der Waals surface area contributed by atoms with Crippen molar-refractivity contribution in [2.75, 3.05) is 12.4 Å². The molecule has 1 N–H and O–H groups in total. The SMILES string of the molecule is COc1ccc2ccc3c(c2c1)N=CC1(Cc2cc(C)ccc2N1)O3. The molecule has 4 nitrogen and oxygen atoms in total. The third-order valence-electron chi connectivity index (χ3n) is 4.92. The average Bonchev–Trinajstić information content (AvgIpc) is 2.97. The van der Waals surface area contributed by atoms with Crippen LogP contribution in [0.1, 0.15) is 11.1 Å². The molecule has 2 heterocycles. The minimum atomic E-state index is -0.602. The minimum absolute atomic E-state index is 0.602. The Kier molecular flexibility index (Phi) is 2.86. The lowest BCUT2D eigenvalue weighted by molar-refractivity contribution is 0.181. The van der Waals surface area contributed by atoms with Crippen LogP contribution in [0.25, 0.3) is 10.8 Å². The first-order chi connectivity index (χ1) is 12.2. The first-order valence-electron chi connectivity index (χ1n) is 8.38. The predicted octanol–water partition coefficient (Wildman–Crippen LogP) is 4.62. The molecule has 0 aromatic heterocycles. The second kappa shape index (κ2) is 4.99. The molecule has 4 heteroatoms. The smallest absolute Gasteiger partial charge is 0.221 e. The Bertz CT molecular complexity index is 1040. The van der Waals surface area contributed by atoms with Crippen molar-refractivity contribution in [1.82, 2.24) is 0 Å². The molecule has 0 saturated carbocycles. The second-order valence-corrected chi connectivity index (χ2v) is 6.71. The summed E-state index contributed by atoms with van der Waals surface area (Å²) in [7, 11) is 1.67. The van der Waals surface area contributed by atoms with Gasteiger partial charge in [0, 0.05) is 17.5 Å². The quantitative estimate of drug-likeness (QED) is 0.708. The third kappa shape index (κ3) is 2.18. The lowest BCUT2D eigenvalue weighted by Gasteiger charge is -2.31. The van der Waals surface area contributed by atoms with Crippen molar-refractivity contribution in [2.24, 2.45) is 4.99 Å². The fraction of sp³-hybridized carbons (Fsp3) is 0.190. The number of aliphatic imine (C=N–C) groups is 1. The van der Waals surface area contributed by atoms with E-state index in [2.05, 4.69) is 36.5 Å². The topological polar surface area (TPSA) is 42.8 Å². The Morgan fingerprint density at radius 1 is 1.12 bits per heavy atom. The summed E-state index contributed by atoms with van der Waals surface area (Å²) in [6.45, 7) is 2.11. The number of methoxy groups -OCH3 is 1. The Labute approximate surface area is 146 Å². The standard InChI is InChI=1S/C21H18N2O2/c1-13-3-7-18-15(9-13)11-21(23-18)12-22-20-17-10-16(24-2)6-4-14(17)5-8-19(20)25-21/h3-10,12,23H,11H2,1-2H3. The highest BCUT2D eigenvalue weighted by molar-refractivity contribution is 5.99. The molecule has 124 valence electrons. The molecule has 0 aliphatic carbocycles. The van der Waals surface area contributed by atoms with E-state index >= 15 is 0 Å². The summed E-state index contributed by atoms with van der Waals surface area (Å²) >= 11 is 0. The Balaban J connectivity index is 1.58. The Morgan fingerprint density at radius 3 is 2.88 bits per heavy atom. The van der Waals surface area contributed by atoms with Gasteiger partial charge in [-0.15, -0.1) is 0 Å². The lowest BCUT2D eigenvalue weighted by atomic mass is 10.0. The van der Waals surface area contributed by atoms with Crippen molar-refractivity contribution >= 4 is 28.4 Å². The molecular formula is C21H18N2O2. The van der Waals surface area contributed by atoms with Gasteiger partial charge >= 0.3 is 0 Å². The van der Waals surface area contributed by atoms with Gasteiger partial charge in [-0.3, -0.25) is 4.99 Å². The van der Waals surface area contributed by atoms with Crippen LogP contribution in [0, 0.1) is 6.92 Å². The lowest BCUT2D eigenvalue weighted by Crippen LogP contribution is -2.45. The normalized spacial score (nSPS) is 20.1. The van der Waals surface area contributed by atoms with E-state index in [1.54, 1.807) is 7.11 Å². The van der Waals surface area contributed by atoms with E-state index in [0.717, 1.165) is 40.1 Å². The highest BCUT2D eigenvalue weighted by Gasteiger charge is 2.40. The maximum absolute atomic E-state index is 6.38. The van der Waals surface area contributed by atoms with Crippen LogP contribution in [-0.2, 0) is 6.42 Å². The van der Waals surface area contributed by atoms with Gasteiger partial charge in [0.2, 0.25) is 5.72 Å². The molecule has 2 aliphatic rings. The molecule has 1 atom stereocenters. The summed E-state index contributed by atoms with van der Waals surface area (Å²) in [5.41, 5.74) is 3.88. The van der Waals surface area contributed by atoms with Gasteiger partial charge < -0.3 is 14.8 Å². The number of fused-ring (bicyclic) bond motifs is 4. The molecule has 0 bridgehead atoms. The third-order valence-corrected chi connectivity index (χ3v) is 4.92. The summed E-state index contributed by atoms with van der Waals surface area (Å²) in [5.74, 6) is 1.61. The molecule has 5 rings (SSSR count). The van der Waals surface area contributed by atoms with Crippen LogP contribution in [0.15, 0.2) is 53.5 Å². The van der Waals surface area contributed by atoms with Crippen LogP contribution in [0.3, 0.4) is 0 Å². The maximum Gasteiger partial charge on any atom is 0.221 e. The number of rotatable bonds is 1. The van der Waals surface area contributed by atoms with Gasteiger partial charge in [-0.1, -0.05) is 29.8 Å². The van der Waals surface area contributed by atoms with Crippen molar-refractivity contribution in [1.29, 1.82) is 0 Å². The number of anilines is 1. The molecule has 2 aliphatic heterocycles. The fourth-order valence-electron chi connectivity index (χ4n) is 3.68. The molecule has 0 radical (unpaired) electrons. The van der Waals surface area contributed by atoms with Gasteiger partial charge in [-0.25, -0.2) is 0 Å².